The van der Waals surface area contributed by atoms with Gasteiger partial charge in [-0.3, -0.25) is 0 Å². The van der Waals surface area contributed by atoms with Crippen molar-refractivity contribution in [3.05, 3.63) is 57.6 Å². The van der Waals surface area contributed by atoms with Crippen molar-refractivity contribution in [1.29, 1.82) is 0 Å². The summed E-state index contributed by atoms with van der Waals surface area (Å²) in [7, 11) is 0. The minimum absolute atomic E-state index is 0.0801. The van der Waals surface area contributed by atoms with Crippen molar-refractivity contribution in [3.8, 4) is 0 Å². The van der Waals surface area contributed by atoms with Gasteiger partial charge >= 0.3 is 0 Å². The Kier molecular flexibility index (Phi) is 4.68. The fourth-order valence-corrected chi connectivity index (χ4v) is 2.85. The molecule has 0 aliphatic rings. The summed E-state index contributed by atoms with van der Waals surface area (Å²) in [6, 6.07) is 7.17. The van der Waals surface area contributed by atoms with E-state index >= 15 is 0 Å². The highest BCUT2D eigenvalue weighted by Gasteiger charge is 2.14. The van der Waals surface area contributed by atoms with E-state index in [0.717, 1.165) is 11.8 Å². The van der Waals surface area contributed by atoms with Crippen LogP contribution in [0.25, 0.3) is 0 Å². The lowest BCUT2D eigenvalue weighted by atomic mass is 10.2. The molecule has 0 aliphatic heterocycles. The molecular weight excluding hydrogens is 311 g/mol. The number of halogens is 4. The number of hydrogen-bond donors (Lipinski definition) is 1. The van der Waals surface area contributed by atoms with Crippen LogP contribution in [0.2, 0.25) is 10.0 Å². The summed E-state index contributed by atoms with van der Waals surface area (Å²) in [6.45, 7) is 0.0801. The monoisotopic (exact) mass is 319 g/mol. The molecule has 0 radical (unpaired) electrons. The second kappa shape index (κ2) is 6.09. The molecule has 0 unspecified atom stereocenters. The molecule has 19 heavy (non-hydrogen) atoms. The van der Waals surface area contributed by atoms with Crippen LogP contribution in [-0.4, -0.2) is 0 Å². The Hall–Kier alpha value is -0.810. The average molecular weight is 320 g/mol. The van der Waals surface area contributed by atoms with E-state index in [1.54, 1.807) is 18.2 Å². The Bertz CT molecular complexity index is 597. The predicted molar refractivity (Wildman–Crippen MR) is 74.8 cm³/mol. The van der Waals surface area contributed by atoms with Crippen LogP contribution in [0, 0.1) is 11.6 Å². The molecule has 0 aromatic heterocycles. The van der Waals surface area contributed by atoms with E-state index in [-0.39, 0.29) is 11.4 Å². The highest BCUT2D eigenvalue weighted by molar-refractivity contribution is 7.99. The van der Waals surface area contributed by atoms with Crippen molar-refractivity contribution >= 4 is 35.0 Å². The maximum absolute atomic E-state index is 13.8. The van der Waals surface area contributed by atoms with Crippen LogP contribution >= 0.6 is 35.0 Å². The van der Waals surface area contributed by atoms with Crippen LogP contribution in [0.1, 0.15) is 5.56 Å². The van der Waals surface area contributed by atoms with Gasteiger partial charge in [-0.2, -0.15) is 0 Å². The van der Waals surface area contributed by atoms with Gasteiger partial charge in [0.1, 0.15) is 11.6 Å². The topological polar surface area (TPSA) is 26.0 Å². The summed E-state index contributed by atoms with van der Waals surface area (Å²) in [5.41, 5.74) is 5.76. The van der Waals surface area contributed by atoms with Crippen molar-refractivity contribution in [2.45, 2.75) is 16.3 Å². The summed E-state index contributed by atoms with van der Waals surface area (Å²) in [5, 5.41) is 0.836. The molecule has 0 bridgehead atoms. The van der Waals surface area contributed by atoms with E-state index in [1.165, 1.54) is 12.1 Å². The smallest absolute Gasteiger partial charge is 0.140 e. The molecule has 6 heteroatoms. The Morgan fingerprint density at radius 2 is 1.68 bits per heavy atom. The van der Waals surface area contributed by atoms with E-state index in [9.17, 15) is 8.78 Å². The molecule has 2 N–H and O–H groups in total. The molecule has 1 nitrogen and oxygen atoms in total. The first-order chi connectivity index (χ1) is 9.01. The van der Waals surface area contributed by atoms with Crippen molar-refractivity contribution in [3.63, 3.8) is 0 Å². The third kappa shape index (κ3) is 3.39. The molecule has 0 fully saturated rings. The Balaban J connectivity index is 2.41. The van der Waals surface area contributed by atoms with Gasteiger partial charge in [0.15, 0.2) is 0 Å². The molecule has 0 saturated carbocycles. The second-order valence-electron chi connectivity index (χ2n) is 3.77. The van der Waals surface area contributed by atoms with Crippen LogP contribution in [-0.2, 0) is 6.54 Å². The van der Waals surface area contributed by atoms with E-state index in [2.05, 4.69) is 0 Å². The highest BCUT2D eigenvalue weighted by Crippen LogP contribution is 2.37. The summed E-state index contributed by atoms with van der Waals surface area (Å²) >= 11 is 12.7. The van der Waals surface area contributed by atoms with Gasteiger partial charge in [-0.05, 0) is 35.9 Å². The SMILES string of the molecule is NCc1cc(F)c(Sc2cc(Cl)ccc2Cl)c(F)c1. The van der Waals surface area contributed by atoms with Crippen molar-refractivity contribution in [2.24, 2.45) is 5.73 Å². The third-order valence-electron chi connectivity index (χ3n) is 2.40. The van der Waals surface area contributed by atoms with Gasteiger partial charge in [0.2, 0.25) is 0 Å². The largest absolute Gasteiger partial charge is 0.326 e. The molecule has 2 rings (SSSR count). The second-order valence-corrected chi connectivity index (χ2v) is 5.67. The van der Waals surface area contributed by atoms with Crippen LogP contribution < -0.4 is 5.73 Å². The van der Waals surface area contributed by atoms with Gasteiger partial charge in [-0.15, -0.1) is 0 Å². The molecular formula is C13H9Cl2F2NS. The molecule has 100 valence electrons. The van der Waals surface area contributed by atoms with Gasteiger partial charge < -0.3 is 5.73 Å². The lowest BCUT2D eigenvalue weighted by Gasteiger charge is -2.08. The van der Waals surface area contributed by atoms with Crippen LogP contribution in [0.3, 0.4) is 0 Å². The summed E-state index contributed by atoms with van der Waals surface area (Å²) in [5.74, 6) is -1.33. The number of rotatable bonds is 3. The van der Waals surface area contributed by atoms with E-state index < -0.39 is 11.6 Å². The Labute approximate surface area is 123 Å². The fourth-order valence-electron chi connectivity index (χ4n) is 1.49. The standard InChI is InChI=1S/C13H9Cl2F2NS/c14-8-1-2-9(15)12(5-8)19-13-10(16)3-7(6-18)4-11(13)17/h1-5H,6,18H2. The lowest BCUT2D eigenvalue weighted by molar-refractivity contribution is 0.537. The van der Waals surface area contributed by atoms with Gasteiger partial charge in [0.05, 0.1) is 9.92 Å². The molecule has 0 heterocycles. The van der Waals surface area contributed by atoms with Gasteiger partial charge in [0.25, 0.3) is 0 Å². The van der Waals surface area contributed by atoms with Crippen LogP contribution in [0.15, 0.2) is 40.1 Å². The van der Waals surface area contributed by atoms with Gasteiger partial charge in [-0.1, -0.05) is 35.0 Å². The van der Waals surface area contributed by atoms with Crippen molar-refractivity contribution < 1.29 is 8.78 Å². The highest BCUT2D eigenvalue weighted by atomic mass is 35.5. The molecule has 0 spiro atoms. The third-order valence-corrected chi connectivity index (χ3v) is 4.23. The molecule has 0 amide bonds. The molecule has 2 aromatic rings. The number of benzene rings is 2. The molecule has 0 aliphatic carbocycles. The lowest BCUT2D eigenvalue weighted by Crippen LogP contribution is -1.99. The zero-order chi connectivity index (χ0) is 14.0. The fraction of sp³-hybridized carbons (Fsp3) is 0.0769. The normalized spacial score (nSPS) is 10.8. The zero-order valence-corrected chi connectivity index (χ0v) is 11.9. The molecule has 2 aromatic carbocycles. The van der Waals surface area contributed by atoms with Gasteiger partial charge in [-0.25, -0.2) is 8.78 Å². The van der Waals surface area contributed by atoms with E-state index in [1.807, 2.05) is 0 Å². The van der Waals surface area contributed by atoms with Gasteiger partial charge in [0, 0.05) is 16.5 Å². The molecule has 0 atom stereocenters. The average Bonchev–Trinajstić information content (AvgIpc) is 2.37. The first-order valence-corrected chi connectivity index (χ1v) is 6.89. The summed E-state index contributed by atoms with van der Waals surface area (Å²) < 4.78 is 27.6. The first kappa shape index (κ1) is 14.6. The van der Waals surface area contributed by atoms with Crippen molar-refractivity contribution in [1.82, 2.24) is 0 Å². The van der Waals surface area contributed by atoms with Crippen LogP contribution in [0.5, 0.6) is 0 Å². The van der Waals surface area contributed by atoms with Crippen LogP contribution in [0.4, 0.5) is 8.78 Å². The minimum atomic E-state index is -0.665. The Morgan fingerprint density at radius 1 is 1.05 bits per heavy atom. The summed E-state index contributed by atoms with van der Waals surface area (Å²) in [6.07, 6.45) is 0. The van der Waals surface area contributed by atoms with E-state index in [4.69, 9.17) is 28.9 Å². The van der Waals surface area contributed by atoms with E-state index in [0.29, 0.717) is 20.5 Å². The first-order valence-electron chi connectivity index (χ1n) is 5.32. The quantitative estimate of drug-likeness (QED) is 0.872. The predicted octanol–water partition coefficient (Wildman–Crippen LogP) is 4.88. The minimum Gasteiger partial charge on any atom is -0.326 e. The molecule has 0 saturated heterocycles. The number of nitrogens with two attached hydrogens (primary N) is 1. The maximum atomic E-state index is 13.8. The Morgan fingerprint density at radius 3 is 2.26 bits per heavy atom. The zero-order valence-electron chi connectivity index (χ0n) is 9.59. The number of hydrogen-bond acceptors (Lipinski definition) is 2. The van der Waals surface area contributed by atoms with Crippen molar-refractivity contribution in [2.75, 3.05) is 0 Å². The maximum Gasteiger partial charge on any atom is 0.140 e. The summed E-state index contributed by atoms with van der Waals surface area (Å²) in [4.78, 5) is 0.369.